The Morgan fingerprint density at radius 3 is 1.57 bits per heavy atom. The van der Waals surface area contributed by atoms with Gasteiger partial charge in [-0.15, -0.1) is 0 Å². The average molecular weight is 787 g/mol. The summed E-state index contributed by atoms with van der Waals surface area (Å²) in [5.74, 6) is 2.35. The predicted octanol–water partition coefficient (Wildman–Crippen LogP) is 7.27. The number of rotatable bonds is 18. The first-order valence-corrected chi connectivity index (χ1v) is 28.4. The Hall–Kier alpha value is -3.59. The van der Waals surface area contributed by atoms with Crippen LogP contribution in [0.15, 0.2) is 58.4 Å². The van der Waals surface area contributed by atoms with Gasteiger partial charge in [0.25, 0.3) is 0 Å². The number of aromatic nitrogens is 6. The summed E-state index contributed by atoms with van der Waals surface area (Å²) >= 11 is 0. The summed E-state index contributed by atoms with van der Waals surface area (Å²) in [5, 5.41) is 24.2. The van der Waals surface area contributed by atoms with Crippen molar-refractivity contribution >= 4 is 47.7 Å². The molecule has 0 aliphatic heterocycles. The Morgan fingerprint density at radius 2 is 1.15 bits per heavy atom. The maximum atomic E-state index is 12.1. The smallest absolute Gasteiger partial charge is 0.192 e. The molecule has 0 saturated carbocycles. The summed E-state index contributed by atoms with van der Waals surface area (Å²) in [6.07, 6.45) is 3.67. The zero-order valence-corrected chi connectivity index (χ0v) is 36.6. The highest BCUT2D eigenvalue weighted by Gasteiger charge is 2.37. The van der Waals surface area contributed by atoms with E-state index >= 15 is 0 Å². The lowest BCUT2D eigenvalue weighted by Gasteiger charge is -2.36. The van der Waals surface area contributed by atoms with Gasteiger partial charge >= 0.3 is 0 Å². The third-order valence-electron chi connectivity index (χ3n) is 8.61. The highest BCUT2D eigenvalue weighted by atomic mass is 28.4. The van der Waals surface area contributed by atoms with Crippen LogP contribution < -0.4 is 21.5 Å². The second kappa shape index (κ2) is 19.1. The van der Waals surface area contributed by atoms with Gasteiger partial charge in [0.05, 0.1) is 13.2 Å². The predicted molar refractivity (Wildman–Crippen MR) is 221 cm³/mol. The fourth-order valence-electron chi connectivity index (χ4n) is 4.32. The van der Waals surface area contributed by atoms with Gasteiger partial charge in [-0.1, -0.05) is 60.1 Å². The molecule has 53 heavy (non-hydrogen) atoms. The molecule has 0 saturated heterocycles. The van der Waals surface area contributed by atoms with Gasteiger partial charge < -0.3 is 39.6 Å². The number of hydrogen-bond acceptors (Lipinski definition) is 10. The van der Waals surface area contributed by atoms with Crippen LogP contribution >= 0.6 is 0 Å². The van der Waals surface area contributed by atoms with Crippen LogP contribution in [0.1, 0.15) is 32.2 Å². The molecule has 0 bridgehead atoms. The van der Waals surface area contributed by atoms with Crippen LogP contribution in [0.2, 0.25) is 69.5 Å². The minimum absolute atomic E-state index is 0.0702. The third-order valence-corrected chi connectivity index (χ3v) is 16.5. The molecule has 4 rings (SSSR count). The molecule has 0 aliphatic rings. The lowest BCUT2D eigenvalue weighted by atomic mass is 10.2. The van der Waals surface area contributed by atoms with Crippen molar-refractivity contribution in [2.75, 3.05) is 23.8 Å². The van der Waals surface area contributed by atoms with E-state index in [0.29, 0.717) is 49.0 Å². The lowest BCUT2D eigenvalue weighted by molar-refractivity contribution is 0.0787. The summed E-state index contributed by atoms with van der Waals surface area (Å²) in [7, 11) is -4.06. The quantitative estimate of drug-likeness (QED) is 0.0510. The molecule has 5 N–H and O–H groups in total. The largest absolute Gasteiger partial charge is 0.411 e. The van der Waals surface area contributed by atoms with Gasteiger partial charge in [-0.05, 0) is 30.2 Å². The molecule has 14 nitrogen and oxygen atoms in total. The van der Waals surface area contributed by atoms with E-state index in [1.54, 1.807) is 21.5 Å². The number of aromatic amines is 2. The molecular formula is C36H62N8O6Si3. The molecule has 294 valence electrons. The van der Waals surface area contributed by atoms with Crippen LogP contribution in [0.4, 0.5) is 23.3 Å². The molecule has 0 atom stereocenters. The Morgan fingerprint density at radius 1 is 0.717 bits per heavy atom. The van der Waals surface area contributed by atoms with Crippen molar-refractivity contribution in [3.63, 3.8) is 0 Å². The Kier molecular flexibility index (Phi) is 15.8. The number of H-pyrrole nitrogens is 2. The molecule has 0 spiro atoms. The second-order valence-electron chi connectivity index (χ2n) is 17.1. The minimum atomic E-state index is -1.89. The number of nitrogens with zero attached hydrogens (tertiary/aromatic N) is 4. The van der Waals surface area contributed by atoms with Gasteiger partial charge in [0.1, 0.15) is 25.1 Å². The minimum Gasteiger partial charge on any atom is -0.411 e. The van der Waals surface area contributed by atoms with Crippen molar-refractivity contribution in [2.45, 2.75) is 117 Å². The second-order valence-corrected chi connectivity index (χ2v) is 33.2. The average Bonchev–Trinajstić information content (AvgIpc) is 3.68. The molecule has 0 radical (unpaired) electrons. The van der Waals surface area contributed by atoms with E-state index in [4.69, 9.17) is 19.0 Å². The van der Waals surface area contributed by atoms with Gasteiger partial charge in [0.2, 0.25) is 0 Å². The summed E-state index contributed by atoms with van der Waals surface area (Å²) in [6.45, 7) is 27.4. The van der Waals surface area contributed by atoms with Crippen molar-refractivity contribution in [1.29, 1.82) is 0 Å². The van der Waals surface area contributed by atoms with Gasteiger partial charge in [0.15, 0.2) is 30.8 Å². The van der Waals surface area contributed by atoms with Crippen LogP contribution in [0, 0.1) is 0 Å². The first-order valence-electron chi connectivity index (χ1n) is 18.1. The van der Waals surface area contributed by atoms with Crippen molar-refractivity contribution in [2.24, 2.45) is 0 Å². The maximum absolute atomic E-state index is 12.1. The van der Waals surface area contributed by atoms with Gasteiger partial charge in [-0.3, -0.25) is 9.59 Å². The maximum Gasteiger partial charge on any atom is 0.192 e. The van der Waals surface area contributed by atoms with Crippen LogP contribution in [0.25, 0.3) is 0 Å². The van der Waals surface area contributed by atoms with E-state index in [9.17, 15) is 9.59 Å². The van der Waals surface area contributed by atoms with E-state index < -0.39 is 24.5 Å². The van der Waals surface area contributed by atoms with E-state index in [2.05, 4.69) is 104 Å². The molecule has 4 aromatic rings. The van der Waals surface area contributed by atoms with Crippen LogP contribution in [0.3, 0.4) is 0 Å². The normalized spacial score (nSPS) is 12.4. The van der Waals surface area contributed by atoms with Crippen molar-refractivity contribution in [3.8, 4) is 0 Å². The SMILES string of the molecule is CC(C)(C)[Si](C)(C)OCc1cc(=O)cc(Nc2ccn(COCC[Si](C)(C)C)n2)[nH]1.C[Si](C)(C)CCOCn1ccc(Nc2cc(=O)cc(CO)[nH]2)n1. The van der Waals surface area contributed by atoms with E-state index in [0.717, 1.165) is 31.0 Å². The number of anilines is 4. The topological polar surface area (TPSA) is 173 Å². The monoisotopic (exact) mass is 786 g/mol. The van der Waals surface area contributed by atoms with Gasteiger partial charge in [-0.25, -0.2) is 9.36 Å². The molecule has 0 fully saturated rings. The van der Waals surface area contributed by atoms with Crippen LogP contribution in [0.5, 0.6) is 0 Å². The van der Waals surface area contributed by atoms with Gasteiger partial charge in [-0.2, -0.15) is 10.2 Å². The fraction of sp³-hybridized carbons (Fsp3) is 0.556. The van der Waals surface area contributed by atoms with Crippen molar-refractivity contribution in [1.82, 2.24) is 29.5 Å². The van der Waals surface area contributed by atoms with Gasteiger partial charge in [0, 0.05) is 89.5 Å². The summed E-state index contributed by atoms with van der Waals surface area (Å²) in [5.41, 5.74) is 0.960. The molecular weight excluding hydrogens is 725 g/mol. The first kappa shape index (κ1) is 43.8. The number of ether oxygens (including phenoxy) is 2. The fourth-order valence-corrected chi connectivity index (χ4v) is 6.79. The van der Waals surface area contributed by atoms with Crippen molar-refractivity contribution < 1.29 is 19.0 Å². The highest BCUT2D eigenvalue weighted by molar-refractivity contribution is 6.76. The van der Waals surface area contributed by atoms with E-state index in [1.165, 1.54) is 18.2 Å². The summed E-state index contributed by atoms with van der Waals surface area (Å²) in [4.78, 5) is 29.8. The van der Waals surface area contributed by atoms with Crippen LogP contribution in [-0.4, -0.2) is 72.3 Å². The molecule has 4 aromatic heterocycles. The molecule has 0 aliphatic carbocycles. The van der Waals surface area contributed by atoms with E-state index in [-0.39, 0.29) is 22.5 Å². The summed E-state index contributed by atoms with van der Waals surface area (Å²) < 4.78 is 21.0. The number of aliphatic hydroxyl groups is 1. The third kappa shape index (κ3) is 16.5. The number of nitrogens with one attached hydrogen (secondary N) is 4. The van der Waals surface area contributed by atoms with Crippen LogP contribution in [-0.2, 0) is 40.6 Å². The Labute approximate surface area is 316 Å². The molecule has 0 unspecified atom stereocenters. The molecule has 0 amide bonds. The summed E-state index contributed by atoms with van der Waals surface area (Å²) in [6, 6.07) is 11.8. The highest BCUT2D eigenvalue weighted by Crippen LogP contribution is 2.37. The van der Waals surface area contributed by atoms with E-state index in [1.807, 2.05) is 18.5 Å². The van der Waals surface area contributed by atoms with Crippen molar-refractivity contribution in [3.05, 3.63) is 80.6 Å². The standard InChI is InChI=1S/C21H38N4O3Si2.C15H24N4O3Si/c1-21(2,3)30(7,8)28-15-17-13-18(26)14-20(22-17)23-19-9-10-25(24-19)16-27-11-12-29(4,5)6;1-23(2,3)7-6-22-11-19-5-4-14(18-19)17-15-9-13(21)8-12(10-20)16-15/h9-10,13-14H,11-12,15-16H2,1-8H3,(H2,22,23,24,26);4-5,8-9,20H,6-7,10-11H2,1-3H3,(H2,16,17,18,21). The number of hydrogen-bond donors (Lipinski definition) is 5. The number of aliphatic hydroxyl groups excluding tert-OH is 1. The molecule has 4 heterocycles. The first-order chi connectivity index (χ1) is 24.6. The number of pyridine rings is 2. The molecule has 0 aromatic carbocycles. The Bertz CT molecular complexity index is 1830. The Balaban J connectivity index is 0.000000295. The molecule has 17 heteroatoms. The lowest BCUT2D eigenvalue weighted by Crippen LogP contribution is -2.40. The zero-order valence-electron chi connectivity index (χ0n) is 33.6. The zero-order chi connectivity index (χ0) is 39.5.